The molecule has 0 bridgehead atoms. The number of rotatable bonds is 4. The molecule has 0 fully saturated rings. The van der Waals surface area contributed by atoms with Gasteiger partial charge in [0.1, 0.15) is 5.75 Å². The van der Waals surface area contributed by atoms with Gasteiger partial charge in [-0.25, -0.2) is 0 Å². The summed E-state index contributed by atoms with van der Waals surface area (Å²) in [6.07, 6.45) is 0.364. The Morgan fingerprint density at radius 3 is 2.56 bits per heavy atom. The van der Waals surface area contributed by atoms with E-state index in [1.165, 1.54) is 7.11 Å². The maximum Gasteiger partial charge on any atom is 0.273 e. The number of methoxy groups -OCH3 is 1. The summed E-state index contributed by atoms with van der Waals surface area (Å²) >= 11 is 0. The third kappa shape index (κ3) is 1.97. The summed E-state index contributed by atoms with van der Waals surface area (Å²) < 4.78 is 4.77. The second-order valence-corrected chi connectivity index (χ2v) is 2.85. The van der Waals surface area contributed by atoms with Crippen molar-refractivity contribution in [2.45, 2.75) is 0 Å². The van der Waals surface area contributed by atoms with Gasteiger partial charge >= 0.3 is 0 Å². The zero-order chi connectivity index (χ0) is 12.3. The van der Waals surface area contributed by atoms with Crippen LogP contribution in [0, 0.1) is 10.1 Å². The highest BCUT2D eigenvalue weighted by Crippen LogP contribution is 2.27. The van der Waals surface area contributed by atoms with E-state index in [4.69, 9.17) is 10.5 Å². The van der Waals surface area contributed by atoms with Crippen molar-refractivity contribution in [1.29, 1.82) is 0 Å². The second-order valence-electron chi connectivity index (χ2n) is 2.85. The standard InChI is InChI=1S/C9H8N2O5/c1-16-8-3-5(11(14)15)2-6(9(10)13)7(8)4-12/h2-4H,1H3,(H2,10,13). The van der Waals surface area contributed by atoms with Gasteiger partial charge in [-0.05, 0) is 0 Å². The van der Waals surface area contributed by atoms with Crippen molar-refractivity contribution in [3.05, 3.63) is 33.4 Å². The fourth-order valence-electron chi connectivity index (χ4n) is 1.21. The van der Waals surface area contributed by atoms with Gasteiger partial charge < -0.3 is 10.5 Å². The van der Waals surface area contributed by atoms with Crippen LogP contribution < -0.4 is 10.5 Å². The van der Waals surface area contributed by atoms with Crippen LogP contribution in [0.25, 0.3) is 0 Å². The van der Waals surface area contributed by atoms with Gasteiger partial charge in [-0.3, -0.25) is 19.7 Å². The van der Waals surface area contributed by atoms with Gasteiger partial charge in [0, 0.05) is 6.07 Å². The third-order valence-corrected chi connectivity index (χ3v) is 1.94. The SMILES string of the molecule is COc1cc([N+](=O)[O-])cc(C(N)=O)c1C=O. The minimum absolute atomic E-state index is 0.0574. The summed E-state index contributed by atoms with van der Waals surface area (Å²) in [5, 5.41) is 10.6. The number of nitro groups is 1. The highest BCUT2D eigenvalue weighted by atomic mass is 16.6. The fourth-order valence-corrected chi connectivity index (χ4v) is 1.21. The van der Waals surface area contributed by atoms with Crippen LogP contribution >= 0.6 is 0 Å². The van der Waals surface area contributed by atoms with Crippen molar-refractivity contribution >= 4 is 17.9 Å². The fraction of sp³-hybridized carbons (Fsp3) is 0.111. The number of aldehydes is 1. The number of hydrogen-bond acceptors (Lipinski definition) is 5. The van der Waals surface area contributed by atoms with Gasteiger partial charge in [0.25, 0.3) is 5.69 Å². The molecule has 0 saturated carbocycles. The lowest BCUT2D eigenvalue weighted by atomic mass is 10.1. The normalized spacial score (nSPS) is 9.56. The van der Waals surface area contributed by atoms with Crippen LogP contribution in [0.15, 0.2) is 12.1 Å². The maximum atomic E-state index is 11.0. The second kappa shape index (κ2) is 4.39. The molecule has 0 unspecified atom stereocenters. The quantitative estimate of drug-likeness (QED) is 0.455. The number of carbonyl (C=O) groups excluding carboxylic acids is 2. The molecule has 7 heteroatoms. The summed E-state index contributed by atoms with van der Waals surface area (Å²) in [6, 6.07) is 1.99. The number of hydrogen-bond donors (Lipinski definition) is 1. The Morgan fingerprint density at radius 2 is 2.19 bits per heavy atom. The zero-order valence-electron chi connectivity index (χ0n) is 8.30. The van der Waals surface area contributed by atoms with E-state index in [0.717, 1.165) is 12.1 Å². The minimum atomic E-state index is -0.927. The summed E-state index contributed by atoms with van der Waals surface area (Å²) in [5.41, 5.74) is 4.31. The van der Waals surface area contributed by atoms with E-state index in [2.05, 4.69) is 0 Å². The van der Waals surface area contributed by atoms with Crippen LogP contribution in [-0.4, -0.2) is 24.2 Å². The maximum absolute atomic E-state index is 11.0. The Bertz CT molecular complexity index is 469. The van der Waals surface area contributed by atoms with Gasteiger partial charge in [-0.2, -0.15) is 0 Å². The molecule has 1 aromatic carbocycles. The van der Waals surface area contributed by atoms with E-state index in [-0.39, 0.29) is 22.6 Å². The number of nitrogens with zero attached hydrogens (tertiary/aromatic N) is 1. The highest BCUT2D eigenvalue weighted by Gasteiger charge is 2.19. The first kappa shape index (κ1) is 11.6. The van der Waals surface area contributed by atoms with Gasteiger partial charge in [0.2, 0.25) is 5.91 Å². The van der Waals surface area contributed by atoms with Crippen LogP contribution in [-0.2, 0) is 0 Å². The molecule has 0 spiro atoms. The van der Waals surface area contributed by atoms with Crippen LogP contribution in [0.2, 0.25) is 0 Å². The van der Waals surface area contributed by atoms with Crippen molar-refractivity contribution in [2.75, 3.05) is 7.11 Å². The van der Waals surface area contributed by atoms with E-state index >= 15 is 0 Å². The predicted octanol–water partition coefficient (Wildman–Crippen LogP) is 0.515. The Hall–Kier alpha value is -2.44. The van der Waals surface area contributed by atoms with Crippen molar-refractivity contribution in [2.24, 2.45) is 5.73 Å². The Kier molecular flexibility index (Phi) is 3.19. The van der Waals surface area contributed by atoms with E-state index < -0.39 is 10.8 Å². The Morgan fingerprint density at radius 1 is 1.56 bits per heavy atom. The number of ether oxygens (including phenoxy) is 1. The number of amides is 1. The lowest BCUT2D eigenvalue weighted by Gasteiger charge is -2.06. The highest BCUT2D eigenvalue weighted by molar-refractivity contribution is 6.02. The molecule has 84 valence electrons. The molecule has 0 atom stereocenters. The molecule has 0 aliphatic heterocycles. The zero-order valence-corrected chi connectivity index (χ0v) is 8.30. The van der Waals surface area contributed by atoms with Crippen molar-refractivity contribution in [3.8, 4) is 5.75 Å². The van der Waals surface area contributed by atoms with Crippen molar-refractivity contribution < 1.29 is 19.2 Å². The Labute approximate surface area is 90.0 Å². The minimum Gasteiger partial charge on any atom is -0.496 e. The molecule has 0 aromatic heterocycles. The van der Waals surface area contributed by atoms with Crippen LogP contribution in [0.1, 0.15) is 20.7 Å². The van der Waals surface area contributed by atoms with Crippen LogP contribution in [0.5, 0.6) is 5.75 Å². The molecule has 0 aliphatic carbocycles. The van der Waals surface area contributed by atoms with E-state index in [0.29, 0.717) is 6.29 Å². The molecule has 16 heavy (non-hydrogen) atoms. The van der Waals surface area contributed by atoms with Crippen LogP contribution in [0.4, 0.5) is 5.69 Å². The molecule has 0 aliphatic rings. The molecular weight excluding hydrogens is 216 g/mol. The first-order valence-electron chi connectivity index (χ1n) is 4.12. The van der Waals surface area contributed by atoms with Crippen molar-refractivity contribution in [3.63, 3.8) is 0 Å². The number of carbonyl (C=O) groups is 2. The molecular formula is C9H8N2O5. The molecule has 1 amide bonds. The molecule has 1 rings (SSSR count). The summed E-state index contributed by atoms with van der Waals surface area (Å²) in [5.74, 6) is -0.984. The van der Waals surface area contributed by atoms with Gasteiger partial charge in [-0.15, -0.1) is 0 Å². The number of non-ortho nitro benzene ring substituents is 1. The van der Waals surface area contributed by atoms with E-state index in [1.54, 1.807) is 0 Å². The van der Waals surface area contributed by atoms with Gasteiger partial charge in [-0.1, -0.05) is 0 Å². The molecule has 7 nitrogen and oxygen atoms in total. The average Bonchev–Trinajstić information content (AvgIpc) is 2.26. The molecule has 0 radical (unpaired) electrons. The van der Waals surface area contributed by atoms with Gasteiger partial charge in [0.15, 0.2) is 6.29 Å². The third-order valence-electron chi connectivity index (χ3n) is 1.94. The van der Waals surface area contributed by atoms with Crippen LogP contribution in [0.3, 0.4) is 0 Å². The summed E-state index contributed by atoms with van der Waals surface area (Å²) in [6.45, 7) is 0. The first-order valence-corrected chi connectivity index (χ1v) is 4.12. The lowest BCUT2D eigenvalue weighted by molar-refractivity contribution is -0.385. The predicted molar refractivity (Wildman–Crippen MR) is 53.6 cm³/mol. The van der Waals surface area contributed by atoms with Gasteiger partial charge in [0.05, 0.1) is 29.2 Å². The lowest BCUT2D eigenvalue weighted by Crippen LogP contribution is -2.14. The van der Waals surface area contributed by atoms with Crippen molar-refractivity contribution in [1.82, 2.24) is 0 Å². The average molecular weight is 224 g/mol. The first-order chi connectivity index (χ1) is 7.51. The summed E-state index contributed by atoms with van der Waals surface area (Å²) in [7, 11) is 1.23. The molecule has 1 aromatic rings. The molecule has 2 N–H and O–H groups in total. The number of nitro benzene ring substituents is 1. The monoisotopic (exact) mass is 224 g/mol. The molecule has 0 heterocycles. The van der Waals surface area contributed by atoms with E-state index in [1.807, 2.05) is 0 Å². The number of nitrogens with two attached hydrogens (primary N) is 1. The molecule has 0 saturated heterocycles. The smallest absolute Gasteiger partial charge is 0.273 e. The number of primary amides is 1. The number of benzene rings is 1. The summed E-state index contributed by atoms with van der Waals surface area (Å²) in [4.78, 5) is 31.6. The Balaban J connectivity index is 3.55. The van der Waals surface area contributed by atoms with E-state index in [9.17, 15) is 19.7 Å². The largest absolute Gasteiger partial charge is 0.496 e. The topological polar surface area (TPSA) is 113 Å².